The fourth-order valence-electron chi connectivity index (χ4n) is 4.74. The molecule has 0 unspecified atom stereocenters. The van der Waals surface area contributed by atoms with Gasteiger partial charge in [0.2, 0.25) is 0 Å². The summed E-state index contributed by atoms with van der Waals surface area (Å²) < 4.78 is 1.84. The number of hydrogen-bond donors (Lipinski definition) is 1. The molecule has 0 radical (unpaired) electrons. The second kappa shape index (κ2) is 7.85. The van der Waals surface area contributed by atoms with Crippen LogP contribution in [0.1, 0.15) is 37.9 Å². The maximum absolute atomic E-state index is 13.4. The third-order valence-corrected chi connectivity index (χ3v) is 6.33. The van der Waals surface area contributed by atoms with E-state index in [2.05, 4.69) is 42.0 Å². The Morgan fingerprint density at radius 3 is 2.76 bits per heavy atom. The number of nitrogens with one attached hydrogen (secondary N) is 1. The largest absolute Gasteiger partial charge is 0.367 e. The van der Waals surface area contributed by atoms with Crippen molar-refractivity contribution in [1.82, 2.24) is 29.7 Å². The number of piperazine rings is 1. The van der Waals surface area contributed by atoms with Gasteiger partial charge in [0.05, 0.1) is 40.2 Å². The lowest BCUT2D eigenvalue weighted by molar-refractivity contribution is -0.122. The van der Waals surface area contributed by atoms with E-state index in [0.717, 1.165) is 64.8 Å². The Labute approximate surface area is 194 Å². The molecule has 5 heterocycles. The van der Waals surface area contributed by atoms with Crippen molar-refractivity contribution in [2.75, 3.05) is 19.6 Å². The number of fused-ring (bicyclic) bond motifs is 2. The number of allylic oxidation sites excluding steroid dienone is 6. The molecule has 170 valence electrons. The number of carbonyl (C=O) groups excluding carboxylic acids is 1. The Balaban J connectivity index is 1.51. The number of aryl methyl sites for hydroxylation is 2. The summed E-state index contributed by atoms with van der Waals surface area (Å²) in [7, 11) is 0. The first-order valence-electron chi connectivity index (χ1n) is 11.4. The molecule has 1 N–H and O–H groups in total. The molecule has 2 aromatic rings. The van der Waals surface area contributed by atoms with Crippen LogP contribution in [0.5, 0.6) is 0 Å². The van der Waals surface area contributed by atoms with E-state index in [4.69, 9.17) is 5.10 Å². The van der Waals surface area contributed by atoms with Crippen LogP contribution in [0.15, 0.2) is 65.8 Å². The predicted octanol–water partition coefficient (Wildman–Crippen LogP) is 3.50. The van der Waals surface area contributed by atoms with Gasteiger partial charge in [0, 0.05) is 43.0 Å². The fraction of sp³-hybridized carbons (Fsp3) is 0.346. The molecule has 5 rings (SSSR count). The second-order valence-electron chi connectivity index (χ2n) is 9.66. The molecule has 0 spiro atoms. The van der Waals surface area contributed by atoms with Gasteiger partial charge < -0.3 is 10.2 Å². The summed E-state index contributed by atoms with van der Waals surface area (Å²) >= 11 is 0. The van der Waals surface area contributed by atoms with Gasteiger partial charge in [0.1, 0.15) is 0 Å². The quantitative estimate of drug-likeness (QED) is 0.771. The predicted molar refractivity (Wildman–Crippen MR) is 130 cm³/mol. The van der Waals surface area contributed by atoms with Crippen LogP contribution in [0.3, 0.4) is 0 Å². The molecule has 3 aliphatic heterocycles. The van der Waals surface area contributed by atoms with E-state index in [1.807, 2.05) is 55.1 Å². The topological polar surface area (TPSA) is 65.8 Å². The van der Waals surface area contributed by atoms with Crippen LogP contribution in [0.25, 0.3) is 11.1 Å². The minimum Gasteiger partial charge on any atom is -0.367 e. The van der Waals surface area contributed by atoms with Crippen molar-refractivity contribution in [1.29, 1.82) is 0 Å². The smallest absolute Gasteiger partial charge is 0.255 e. The van der Waals surface area contributed by atoms with Crippen LogP contribution < -0.4 is 5.32 Å². The Hall–Kier alpha value is -3.45. The number of nitrogens with zero attached hydrogens (tertiary/aromatic N) is 5. The van der Waals surface area contributed by atoms with E-state index in [9.17, 15) is 4.79 Å². The molecule has 1 fully saturated rings. The maximum Gasteiger partial charge on any atom is 0.255 e. The average molecular weight is 443 g/mol. The number of rotatable bonds is 2. The lowest BCUT2D eigenvalue weighted by atomic mass is 9.99. The lowest BCUT2D eigenvalue weighted by Gasteiger charge is -2.42. The minimum atomic E-state index is -0.0805. The van der Waals surface area contributed by atoms with Crippen LogP contribution >= 0.6 is 0 Å². The van der Waals surface area contributed by atoms with Crippen LogP contribution in [0.2, 0.25) is 0 Å². The molecule has 7 heteroatoms. The van der Waals surface area contributed by atoms with E-state index < -0.39 is 0 Å². The Bertz CT molecular complexity index is 1300. The van der Waals surface area contributed by atoms with E-state index >= 15 is 0 Å². The first kappa shape index (κ1) is 21.4. The summed E-state index contributed by atoms with van der Waals surface area (Å²) in [5.74, 6) is -0.0805. The number of carbonyl (C=O) groups is 1. The van der Waals surface area contributed by atoms with Crippen LogP contribution in [0.4, 0.5) is 0 Å². The molecule has 1 saturated heterocycles. The molecule has 0 aromatic carbocycles. The summed E-state index contributed by atoms with van der Waals surface area (Å²) in [4.78, 5) is 22.1. The minimum absolute atomic E-state index is 0.0293. The Morgan fingerprint density at radius 2 is 1.97 bits per heavy atom. The first-order chi connectivity index (χ1) is 15.7. The first-order valence-corrected chi connectivity index (χ1v) is 11.4. The molecular weight excluding hydrogens is 412 g/mol. The molecule has 33 heavy (non-hydrogen) atoms. The van der Waals surface area contributed by atoms with Crippen molar-refractivity contribution in [2.24, 2.45) is 0 Å². The highest BCUT2D eigenvalue weighted by Crippen LogP contribution is 2.30. The Morgan fingerprint density at radius 1 is 1.15 bits per heavy atom. The van der Waals surface area contributed by atoms with Crippen LogP contribution in [-0.2, 0) is 4.79 Å². The summed E-state index contributed by atoms with van der Waals surface area (Å²) in [6, 6.07) is 1.99. The van der Waals surface area contributed by atoms with Gasteiger partial charge in [-0.1, -0.05) is 12.2 Å². The van der Waals surface area contributed by atoms with Gasteiger partial charge in [-0.3, -0.25) is 14.7 Å². The molecule has 0 aliphatic carbocycles. The molecule has 0 bridgehead atoms. The van der Waals surface area contributed by atoms with E-state index in [1.165, 1.54) is 0 Å². The van der Waals surface area contributed by atoms with Crippen molar-refractivity contribution in [3.63, 3.8) is 0 Å². The lowest BCUT2D eigenvalue weighted by Crippen LogP contribution is -2.56. The highest BCUT2D eigenvalue weighted by Gasteiger charge is 2.29. The zero-order chi connectivity index (χ0) is 23.3. The summed E-state index contributed by atoms with van der Waals surface area (Å²) in [6.07, 6.45) is 13.7. The van der Waals surface area contributed by atoms with Gasteiger partial charge >= 0.3 is 0 Å². The molecule has 2 aromatic heterocycles. The van der Waals surface area contributed by atoms with Gasteiger partial charge in [-0.05, 0) is 58.4 Å². The SMILES string of the molecule is CC1=CC(N2CCNC(C)(C)C2)=CN2C(=O)\C=C(c3cc4c(C)nc(C)cn4n3)/C=C/C=C\12. The number of amides is 1. The molecule has 0 atom stereocenters. The highest BCUT2D eigenvalue weighted by molar-refractivity contribution is 5.99. The second-order valence-corrected chi connectivity index (χ2v) is 9.66. The normalized spacial score (nSPS) is 24.7. The summed E-state index contributed by atoms with van der Waals surface area (Å²) in [5, 5.41) is 8.26. The van der Waals surface area contributed by atoms with Crippen molar-refractivity contribution in [3.8, 4) is 0 Å². The zero-order valence-electron chi connectivity index (χ0n) is 19.9. The maximum atomic E-state index is 13.4. The van der Waals surface area contributed by atoms with Gasteiger partial charge in [-0.15, -0.1) is 0 Å². The van der Waals surface area contributed by atoms with Crippen molar-refractivity contribution in [2.45, 2.75) is 40.2 Å². The third-order valence-electron chi connectivity index (χ3n) is 6.33. The number of aromatic nitrogens is 3. The molecule has 7 nitrogen and oxygen atoms in total. The Kier molecular flexibility index (Phi) is 5.09. The van der Waals surface area contributed by atoms with Crippen molar-refractivity contribution in [3.05, 3.63) is 82.9 Å². The third kappa shape index (κ3) is 4.04. The standard InChI is InChI=1S/C26H30N6O/c1-17-11-21(30-10-9-27-26(4,5)16-30)15-31-23(17)8-6-7-20(12-25(31)33)22-13-24-19(3)28-18(2)14-32(24)29-22/h6-8,11-15,27H,9-10,16H2,1-5H3/b7-6+,20-12+,23-8+. The van der Waals surface area contributed by atoms with E-state index in [1.54, 1.807) is 11.0 Å². The van der Waals surface area contributed by atoms with E-state index in [0.29, 0.717) is 0 Å². The van der Waals surface area contributed by atoms with Crippen LogP contribution in [-0.4, -0.2) is 55.5 Å². The number of hydrogen-bond acceptors (Lipinski definition) is 5. The van der Waals surface area contributed by atoms with Crippen molar-refractivity contribution < 1.29 is 4.79 Å². The monoisotopic (exact) mass is 442 g/mol. The zero-order valence-corrected chi connectivity index (χ0v) is 19.9. The van der Waals surface area contributed by atoms with Crippen molar-refractivity contribution >= 4 is 17.0 Å². The van der Waals surface area contributed by atoms with Gasteiger partial charge in [-0.25, -0.2) is 4.52 Å². The van der Waals surface area contributed by atoms with Gasteiger partial charge in [0.25, 0.3) is 5.91 Å². The summed E-state index contributed by atoms with van der Waals surface area (Å²) in [5.41, 5.74) is 7.37. The molecule has 1 amide bonds. The molecule has 3 aliphatic rings. The fourth-order valence-corrected chi connectivity index (χ4v) is 4.74. The van der Waals surface area contributed by atoms with Gasteiger partial charge in [0.15, 0.2) is 0 Å². The van der Waals surface area contributed by atoms with Gasteiger partial charge in [-0.2, -0.15) is 5.10 Å². The molecular formula is C26H30N6O. The summed E-state index contributed by atoms with van der Waals surface area (Å²) in [6.45, 7) is 13.1. The van der Waals surface area contributed by atoms with E-state index in [-0.39, 0.29) is 11.4 Å². The average Bonchev–Trinajstić information content (AvgIpc) is 3.15. The van der Waals surface area contributed by atoms with Crippen LogP contribution in [0, 0.1) is 13.8 Å². The highest BCUT2D eigenvalue weighted by atomic mass is 16.2. The molecule has 0 saturated carbocycles.